The van der Waals surface area contributed by atoms with E-state index in [9.17, 15) is 18.3 Å². The molecule has 0 aromatic heterocycles. The number of aliphatic hydroxyl groups is 1. The Morgan fingerprint density at radius 1 is 1.30 bits per heavy atom. The number of ketones is 1. The van der Waals surface area contributed by atoms with Gasteiger partial charge in [-0.1, -0.05) is 12.8 Å². The van der Waals surface area contributed by atoms with Crippen LogP contribution < -0.4 is 4.90 Å². The van der Waals surface area contributed by atoms with Crippen LogP contribution in [0, 0.1) is 5.92 Å². The Morgan fingerprint density at radius 3 is 2.52 bits per heavy atom. The minimum atomic E-state index is -3.39. The van der Waals surface area contributed by atoms with Crippen LogP contribution in [0.1, 0.15) is 43.0 Å². The summed E-state index contributed by atoms with van der Waals surface area (Å²) in [5, 5.41) is 10.1. The molecule has 23 heavy (non-hydrogen) atoms. The van der Waals surface area contributed by atoms with Crippen molar-refractivity contribution in [1.82, 2.24) is 0 Å². The Kier molecular flexibility index (Phi) is 5.47. The first kappa shape index (κ1) is 17.9. The number of benzene rings is 1. The molecule has 5 nitrogen and oxygen atoms in total. The average molecular weight is 339 g/mol. The van der Waals surface area contributed by atoms with E-state index in [0.717, 1.165) is 25.7 Å². The minimum Gasteiger partial charge on any atom is -0.393 e. The van der Waals surface area contributed by atoms with Crippen LogP contribution in [0.3, 0.4) is 0 Å². The van der Waals surface area contributed by atoms with Crippen LogP contribution in [0.25, 0.3) is 0 Å². The number of anilines is 1. The summed E-state index contributed by atoms with van der Waals surface area (Å²) in [6.45, 7) is 2.04. The molecule has 1 aromatic rings. The maximum atomic E-state index is 12.0. The number of hydrogen-bond donors (Lipinski definition) is 1. The van der Waals surface area contributed by atoms with E-state index in [4.69, 9.17) is 0 Å². The Balaban J connectivity index is 2.34. The van der Waals surface area contributed by atoms with Crippen LogP contribution in [0.4, 0.5) is 5.69 Å². The summed E-state index contributed by atoms with van der Waals surface area (Å²) in [5.41, 5.74) is 1.02. The lowest BCUT2D eigenvalue weighted by atomic mass is 9.86. The van der Waals surface area contributed by atoms with E-state index in [0.29, 0.717) is 17.8 Å². The first-order valence-corrected chi connectivity index (χ1v) is 9.83. The first-order valence-electron chi connectivity index (χ1n) is 7.94. The maximum absolute atomic E-state index is 12.0. The first-order chi connectivity index (χ1) is 10.7. The van der Waals surface area contributed by atoms with Gasteiger partial charge in [0, 0.05) is 31.3 Å². The number of carbonyl (C=O) groups excluding carboxylic acids is 1. The van der Waals surface area contributed by atoms with Gasteiger partial charge in [0.25, 0.3) is 0 Å². The van der Waals surface area contributed by atoms with Crippen LogP contribution in [0.2, 0.25) is 0 Å². The molecule has 0 bridgehead atoms. The zero-order valence-corrected chi connectivity index (χ0v) is 14.8. The second-order valence-corrected chi connectivity index (χ2v) is 8.49. The molecule has 0 amide bonds. The van der Waals surface area contributed by atoms with Crippen molar-refractivity contribution in [2.24, 2.45) is 5.92 Å². The monoisotopic (exact) mass is 339 g/mol. The fourth-order valence-corrected chi connectivity index (χ4v) is 4.11. The highest BCUT2D eigenvalue weighted by Crippen LogP contribution is 2.30. The topological polar surface area (TPSA) is 74.7 Å². The summed E-state index contributed by atoms with van der Waals surface area (Å²) >= 11 is 0. The lowest BCUT2D eigenvalue weighted by Crippen LogP contribution is -2.35. The second kappa shape index (κ2) is 7.01. The molecule has 1 aliphatic carbocycles. The molecule has 6 heteroatoms. The fourth-order valence-electron chi connectivity index (χ4n) is 3.20. The van der Waals surface area contributed by atoms with Crippen molar-refractivity contribution in [2.45, 2.75) is 43.6 Å². The van der Waals surface area contributed by atoms with Gasteiger partial charge in [-0.2, -0.15) is 0 Å². The molecule has 0 aliphatic heterocycles. The van der Waals surface area contributed by atoms with Crippen molar-refractivity contribution < 1.29 is 18.3 Å². The standard InChI is InChI=1S/C17H25NO4S/c1-12(19)13-8-9-17(23(3,21)22)15(10-13)18(2)11-14-6-4-5-7-16(14)20/h8-10,14,16,20H,4-7,11H2,1-3H3. The van der Waals surface area contributed by atoms with Crippen molar-refractivity contribution in [2.75, 3.05) is 24.7 Å². The van der Waals surface area contributed by atoms with Crippen LogP contribution in [0.15, 0.2) is 23.1 Å². The predicted molar refractivity (Wildman–Crippen MR) is 90.8 cm³/mol. The summed E-state index contributed by atoms with van der Waals surface area (Å²) in [6.07, 6.45) is 4.68. The highest BCUT2D eigenvalue weighted by Gasteiger charge is 2.26. The fraction of sp³-hybridized carbons (Fsp3) is 0.588. The molecular weight excluding hydrogens is 314 g/mol. The SMILES string of the molecule is CC(=O)c1ccc(S(C)(=O)=O)c(N(C)CC2CCCCC2O)c1. The Hall–Kier alpha value is -1.40. The van der Waals surface area contributed by atoms with Crippen molar-refractivity contribution in [1.29, 1.82) is 0 Å². The lowest BCUT2D eigenvalue weighted by Gasteiger charge is -2.33. The summed E-state index contributed by atoms with van der Waals surface area (Å²) in [4.78, 5) is 13.7. The molecule has 2 atom stereocenters. The van der Waals surface area contributed by atoms with Gasteiger partial charge in [-0.3, -0.25) is 4.79 Å². The largest absolute Gasteiger partial charge is 0.393 e. The van der Waals surface area contributed by atoms with Gasteiger partial charge in [0.2, 0.25) is 0 Å². The number of nitrogens with zero attached hydrogens (tertiary/aromatic N) is 1. The van der Waals surface area contributed by atoms with E-state index in [1.54, 1.807) is 12.1 Å². The molecule has 2 unspecified atom stereocenters. The van der Waals surface area contributed by atoms with Gasteiger partial charge in [-0.05, 0) is 38.0 Å². The third kappa shape index (κ3) is 4.32. The lowest BCUT2D eigenvalue weighted by molar-refractivity contribution is 0.0736. The Morgan fingerprint density at radius 2 is 1.96 bits per heavy atom. The van der Waals surface area contributed by atoms with Crippen molar-refractivity contribution in [3.63, 3.8) is 0 Å². The number of Topliss-reactive ketones (excluding diaryl/α,β-unsaturated/α-hetero) is 1. The summed E-state index contributed by atoms with van der Waals surface area (Å²) < 4.78 is 24.1. The van der Waals surface area contributed by atoms with Gasteiger partial charge in [-0.15, -0.1) is 0 Å². The Bertz CT molecular complexity index is 684. The van der Waals surface area contributed by atoms with Crippen LogP contribution in [-0.4, -0.2) is 45.3 Å². The molecule has 1 saturated carbocycles. The maximum Gasteiger partial charge on any atom is 0.177 e. The van der Waals surface area contributed by atoms with E-state index < -0.39 is 9.84 Å². The molecule has 1 aliphatic rings. The quantitative estimate of drug-likeness (QED) is 0.833. The molecule has 1 aromatic carbocycles. The van der Waals surface area contributed by atoms with Gasteiger partial charge in [0.05, 0.1) is 16.7 Å². The predicted octanol–water partition coefficient (Wildman–Crippen LogP) is 2.28. The second-order valence-electron chi connectivity index (χ2n) is 6.50. The number of aliphatic hydroxyl groups excluding tert-OH is 1. The zero-order valence-electron chi connectivity index (χ0n) is 13.9. The van der Waals surface area contributed by atoms with Crippen LogP contribution in [0.5, 0.6) is 0 Å². The van der Waals surface area contributed by atoms with Crippen LogP contribution in [-0.2, 0) is 9.84 Å². The molecule has 1 fully saturated rings. The Labute approximate surface area is 138 Å². The number of sulfone groups is 1. The molecule has 0 heterocycles. The molecule has 0 saturated heterocycles. The smallest absolute Gasteiger partial charge is 0.177 e. The highest BCUT2D eigenvalue weighted by atomic mass is 32.2. The highest BCUT2D eigenvalue weighted by molar-refractivity contribution is 7.90. The third-order valence-corrected chi connectivity index (χ3v) is 5.70. The van der Waals surface area contributed by atoms with E-state index in [1.807, 2.05) is 11.9 Å². The van der Waals surface area contributed by atoms with Gasteiger partial charge in [0.15, 0.2) is 15.6 Å². The number of hydrogen-bond acceptors (Lipinski definition) is 5. The van der Waals surface area contributed by atoms with Gasteiger partial charge in [-0.25, -0.2) is 8.42 Å². The van der Waals surface area contributed by atoms with Gasteiger partial charge in [0.1, 0.15) is 0 Å². The molecule has 1 N–H and O–H groups in total. The summed E-state index contributed by atoms with van der Waals surface area (Å²) in [6, 6.07) is 4.68. The normalized spacial score (nSPS) is 21.9. The molecule has 0 spiro atoms. The molecule has 128 valence electrons. The van der Waals surface area contributed by atoms with Crippen molar-refractivity contribution in [3.8, 4) is 0 Å². The zero-order chi connectivity index (χ0) is 17.2. The van der Waals surface area contributed by atoms with E-state index >= 15 is 0 Å². The van der Waals surface area contributed by atoms with Crippen molar-refractivity contribution >= 4 is 21.3 Å². The number of carbonyl (C=O) groups is 1. The molecule has 2 rings (SSSR count). The van der Waals surface area contributed by atoms with Crippen LogP contribution >= 0.6 is 0 Å². The van der Waals surface area contributed by atoms with E-state index in [1.165, 1.54) is 19.2 Å². The van der Waals surface area contributed by atoms with Gasteiger partial charge >= 0.3 is 0 Å². The summed E-state index contributed by atoms with van der Waals surface area (Å²) in [7, 11) is -1.58. The third-order valence-electron chi connectivity index (χ3n) is 4.55. The van der Waals surface area contributed by atoms with Crippen molar-refractivity contribution in [3.05, 3.63) is 23.8 Å². The minimum absolute atomic E-state index is 0.0996. The van der Waals surface area contributed by atoms with E-state index in [2.05, 4.69) is 0 Å². The summed E-state index contributed by atoms with van der Waals surface area (Å²) in [5.74, 6) is 0.0274. The van der Waals surface area contributed by atoms with Gasteiger partial charge < -0.3 is 10.0 Å². The van der Waals surface area contributed by atoms with E-state index in [-0.39, 0.29) is 22.7 Å². The number of rotatable bonds is 5. The average Bonchev–Trinajstić information content (AvgIpc) is 2.48. The molecule has 0 radical (unpaired) electrons. The molecular formula is C17H25NO4S.